The van der Waals surface area contributed by atoms with E-state index in [0.717, 1.165) is 6.07 Å². The highest BCUT2D eigenvalue weighted by Crippen LogP contribution is 2.23. The topological polar surface area (TPSA) is 53.8 Å². The number of nitriles is 1. The Kier molecular flexibility index (Phi) is 3.25. The van der Waals surface area contributed by atoms with E-state index in [0.29, 0.717) is 6.29 Å². The summed E-state index contributed by atoms with van der Waals surface area (Å²) in [5.41, 5.74) is -0.660. The van der Waals surface area contributed by atoms with E-state index in [9.17, 15) is 13.6 Å². The molecular formula is C8H3BrF2N2O. The zero-order valence-corrected chi connectivity index (χ0v) is 8.25. The van der Waals surface area contributed by atoms with Crippen molar-refractivity contribution in [2.45, 2.75) is 6.43 Å². The van der Waals surface area contributed by atoms with Gasteiger partial charge < -0.3 is 0 Å². The molecule has 0 amide bonds. The molecule has 0 saturated carbocycles. The van der Waals surface area contributed by atoms with Crippen molar-refractivity contribution in [2.75, 3.05) is 0 Å². The number of alkyl halides is 2. The van der Waals surface area contributed by atoms with Crippen molar-refractivity contribution < 1.29 is 13.6 Å². The van der Waals surface area contributed by atoms with Crippen LogP contribution in [0.25, 0.3) is 0 Å². The lowest BCUT2D eigenvalue weighted by Gasteiger charge is -2.03. The Hall–Kier alpha value is -1.35. The van der Waals surface area contributed by atoms with Crippen LogP contribution in [0.1, 0.15) is 28.0 Å². The van der Waals surface area contributed by atoms with E-state index < -0.39 is 12.1 Å². The Morgan fingerprint density at radius 1 is 1.64 bits per heavy atom. The van der Waals surface area contributed by atoms with Gasteiger partial charge in [0.15, 0.2) is 6.29 Å². The van der Waals surface area contributed by atoms with Crippen molar-refractivity contribution >= 4 is 22.2 Å². The van der Waals surface area contributed by atoms with Gasteiger partial charge in [-0.25, -0.2) is 13.8 Å². The normalized spacial score (nSPS) is 9.93. The highest BCUT2D eigenvalue weighted by atomic mass is 79.9. The number of nitrogens with zero attached hydrogens (tertiary/aromatic N) is 2. The molecule has 0 fully saturated rings. The largest absolute Gasteiger partial charge is 0.298 e. The molecule has 14 heavy (non-hydrogen) atoms. The van der Waals surface area contributed by atoms with Gasteiger partial charge in [-0.15, -0.1) is 0 Å². The Bertz CT molecular complexity index is 415. The first-order valence-electron chi connectivity index (χ1n) is 3.44. The number of rotatable bonds is 2. The first-order chi connectivity index (χ1) is 6.60. The van der Waals surface area contributed by atoms with Gasteiger partial charge in [0.05, 0.1) is 5.56 Å². The van der Waals surface area contributed by atoms with E-state index in [1.165, 1.54) is 0 Å². The van der Waals surface area contributed by atoms with Crippen molar-refractivity contribution in [1.29, 1.82) is 5.26 Å². The van der Waals surface area contributed by atoms with Crippen molar-refractivity contribution in [3.05, 3.63) is 27.5 Å². The molecule has 0 aliphatic rings. The van der Waals surface area contributed by atoms with Gasteiger partial charge in [0.1, 0.15) is 16.4 Å². The molecule has 0 saturated heterocycles. The van der Waals surface area contributed by atoms with Gasteiger partial charge in [-0.05, 0) is 22.0 Å². The summed E-state index contributed by atoms with van der Waals surface area (Å²) in [6.07, 6.45) is -2.42. The van der Waals surface area contributed by atoms with Gasteiger partial charge >= 0.3 is 0 Å². The lowest BCUT2D eigenvalue weighted by atomic mass is 10.1. The van der Waals surface area contributed by atoms with Gasteiger partial charge in [0.25, 0.3) is 6.43 Å². The molecular weight excluding hydrogens is 258 g/mol. The summed E-state index contributed by atoms with van der Waals surface area (Å²) in [6.45, 7) is 0. The Morgan fingerprint density at radius 2 is 2.29 bits per heavy atom. The van der Waals surface area contributed by atoms with Crippen molar-refractivity contribution in [1.82, 2.24) is 4.98 Å². The van der Waals surface area contributed by atoms with E-state index in [1.54, 1.807) is 6.07 Å². The molecule has 0 radical (unpaired) electrons. The van der Waals surface area contributed by atoms with Gasteiger partial charge in [-0.2, -0.15) is 5.26 Å². The van der Waals surface area contributed by atoms with Crippen molar-refractivity contribution in [2.24, 2.45) is 0 Å². The molecule has 1 rings (SSSR count). The maximum atomic E-state index is 12.2. The number of aromatic nitrogens is 1. The van der Waals surface area contributed by atoms with Crippen LogP contribution in [-0.4, -0.2) is 11.3 Å². The number of carbonyl (C=O) groups excluding carboxylic acids is 1. The predicted octanol–water partition coefficient (Wildman–Crippen LogP) is 2.47. The quantitative estimate of drug-likeness (QED) is 0.607. The minimum absolute atomic E-state index is 0.0376. The van der Waals surface area contributed by atoms with Crippen LogP contribution < -0.4 is 0 Å². The van der Waals surface area contributed by atoms with E-state index in [2.05, 4.69) is 20.9 Å². The zero-order valence-electron chi connectivity index (χ0n) is 6.67. The molecule has 0 bridgehead atoms. The number of hydrogen-bond acceptors (Lipinski definition) is 3. The van der Waals surface area contributed by atoms with Gasteiger partial charge in [0.2, 0.25) is 0 Å². The van der Waals surface area contributed by atoms with Crippen LogP contribution in [0, 0.1) is 11.3 Å². The van der Waals surface area contributed by atoms with E-state index in [1.807, 2.05) is 0 Å². The van der Waals surface area contributed by atoms with Crippen LogP contribution >= 0.6 is 15.9 Å². The fraction of sp³-hybridized carbons (Fsp3) is 0.125. The third-order valence-electron chi connectivity index (χ3n) is 1.49. The summed E-state index contributed by atoms with van der Waals surface area (Å²) in [6, 6.07) is 2.60. The smallest absolute Gasteiger partial charge is 0.280 e. The molecule has 0 unspecified atom stereocenters. The number of aldehydes is 1. The minimum atomic E-state index is -2.77. The van der Waals surface area contributed by atoms with Crippen LogP contribution in [0.2, 0.25) is 0 Å². The number of carbonyl (C=O) groups is 1. The van der Waals surface area contributed by atoms with Crippen LogP contribution in [0.3, 0.4) is 0 Å². The predicted molar refractivity (Wildman–Crippen MR) is 47.0 cm³/mol. The maximum Gasteiger partial charge on any atom is 0.280 e. The number of pyridine rings is 1. The van der Waals surface area contributed by atoms with Crippen LogP contribution in [-0.2, 0) is 0 Å². The molecule has 1 aromatic rings. The second-order valence-corrected chi connectivity index (χ2v) is 3.08. The summed E-state index contributed by atoms with van der Waals surface area (Å²) in [5.74, 6) is 0. The SMILES string of the molecule is N#Cc1c(C=O)cc(C(F)F)nc1Br. The fourth-order valence-electron chi connectivity index (χ4n) is 0.868. The zero-order chi connectivity index (χ0) is 10.7. The van der Waals surface area contributed by atoms with Crippen molar-refractivity contribution in [3.8, 4) is 6.07 Å². The Morgan fingerprint density at radius 3 is 2.71 bits per heavy atom. The minimum Gasteiger partial charge on any atom is -0.298 e. The average molecular weight is 261 g/mol. The van der Waals surface area contributed by atoms with Gasteiger partial charge in [-0.1, -0.05) is 0 Å². The standard InChI is InChI=1S/C8H3BrF2N2O/c9-7-5(2-12)4(3-14)1-6(13-7)8(10)11/h1,3,8H. The molecule has 1 aromatic heterocycles. The second kappa shape index (κ2) is 4.24. The Balaban J connectivity index is 3.40. The monoisotopic (exact) mass is 260 g/mol. The first kappa shape index (κ1) is 10.7. The van der Waals surface area contributed by atoms with Crippen LogP contribution in [0.5, 0.6) is 0 Å². The molecule has 72 valence electrons. The summed E-state index contributed by atoms with van der Waals surface area (Å²) in [4.78, 5) is 13.9. The molecule has 3 nitrogen and oxygen atoms in total. The highest BCUT2D eigenvalue weighted by molar-refractivity contribution is 9.10. The second-order valence-electron chi connectivity index (χ2n) is 2.33. The van der Waals surface area contributed by atoms with E-state index >= 15 is 0 Å². The van der Waals surface area contributed by atoms with Crippen LogP contribution in [0.15, 0.2) is 10.7 Å². The lowest BCUT2D eigenvalue weighted by Crippen LogP contribution is -1.98. The number of halogens is 3. The fourth-order valence-corrected chi connectivity index (χ4v) is 1.39. The molecule has 0 spiro atoms. The first-order valence-corrected chi connectivity index (χ1v) is 4.23. The van der Waals surface area contributed by atoms with Crippen molar-refractivity contribution in [3.63, 3.8) is 0 Å². The molecule has 1 heterocycles. The van der Waals surface area contributed by atoms with Gasteiger partial charge in [0, 0.05) is 5.56 Å². The third kappa shape index (κ3) is 1.93. The molecule has 6 heteroatoms. The molecule has 0 aliphatic heterocycles. The summed E-state index contributed by atoms with van der Waals surface area (Å²) >= 11 is 2.84. The van der Waals surface area contributed by atoms with Gasteiger partial charge in [-0.3, -0.25) is 4.79 Å². The average Bonchev–Trinajstić information content (AvgIpc) is 2.16. The van der Waals surface area contributed by atoms with E-state index in [-0.39, 0.29) is 15.7 Å². The summed E-state index contributed by atoms with van der Waals surface area (Å²) < 4.78 is 24.4. The lowest BCUT2D eigenvalue weighted by molar-refractivity contribution is 0.112. The third-order valence-corrected chi connectivity index (χ3v) is 2.06. The number of hydrogen-bond donors (Lipinski definition) is 0. The summed E-state index contributed by atoms with van der Waals surface area (Å²) in [7, 11) is 0. The Labute approximate surface area is 86.5 Å². The van der Waals surface area contributed by atoms with E-state index in [4.69, 9.17) is 5.26 Å². The molecule has 0 aliphatic carbocycles. The maximum absolute atomic E-state index is 12.2. The highest BCUT2D eigenvalue weighted by Gasteiger charge is 2.15. The molecule has 0 atom stereocenters. The molecule has 0 N–H and O–H groups in total. The molecule has 0 aromatic carbocycles. The van der Waals surface area contributed by atoms with Crippen LogP contribution in [0.4, 0.5) is 8.78 Å². The summed E-state index contributed by atoms with van der Waals surface area (Å²) in [5, 5.41) is 8.59.